The van der Waals surface area contributed by atoms with Crippen molar-refractivity contribution >= 4 is 11.8 Å². The van der Waals surface area contributed by atoms with Crippen molar-refractivity contribution in [2.24, 2.45) is 5.92 Å². The van der Waals surface area contributed by atoms with Crippen LogP contribution in [0.4, 0.5) is 0 Å². The molecule has 1 atom stereocenters. The Hall–Kier alpha value is -2.62. The van der Waals surface area contributed by atoms with E-state index in [1.807, 2.05) is 38.1 Å². The lowest BCUT2D eigenvalue weighted by Gasteiger charge is -2.31. The second kappa shape index (κ2) is 11.5. The smallest absolute Gasteiger partial charge is 0.242 e. The van der Waals surface area contributed by atoms with E-state index in [1.54, 1.807) is 4.90 Å². The van der Waals surface area contributed by atoms with Gasteiger partial charge in [-0.1, -0.05) is 74.9 Å². The summed E-state index contributed by atoms with van der Waals surface area (Å²) in [6.07, 6.45) is 1.66. The quantitative estimate of drug-likeness (QED) is 0.613. The lowest BCUT2D eigenvalue weighted by Crippen LogP contribution is -2.49. The van der Waals surface area contributed by atoms with E-state index in [0.717, 1.165) is 16.7 Å². The number of hydrogen-bond acceptors (Lipinski definition) is 2. The van der Waals surface area contributed by atoms with E-state index >= 15 is 0 Å². The molecule has 0 radical (unpaired) electrons. The second-order valence-electron chi connectivity index (χ2n) is 8.50. The Bertz CT molecular complexity index is 827. The summed E-state index contributed by atoms with van der Waals surface area (Å²) < 4.78 is 0. The lowest BCUT2D eigenvalue weighted by molar-refractivity contribution is -0.141. The summed E-state index contributed by atoms with van der Waals surface area (Å²) in [6.45, 7) is 11.3. The number of nitrogens with one attached hydrogen (secondary N) is 1. The fourth-order valence-electron chi connectivity index (χ4n) is 3.46. The lowest BCUT2D eigenvalue weighted by atomic mass is 10.0. The summed E-state index contributed by atoms with van der Waals surface area (Å²) in [7, 11) is 0. The SMILES string of the molecule is CC[C@@H](C(=O)NCC(C)C)N(Cc1ccccc1C)C(=O)CCc1ccc(C)cc1. The number of amides is 2. The molecule has 2 rings (SSSR count). The Morgan fingerprint density at radius 2 is 1.67 bits per heavy atom. The van der Waals surface area contributed by atoms with Crippen molar-refractivity contribution in [3.63, 3.8) is 0 Å². The topological polar surface area (TPSA) is 49.4 Å². The fraction of sp³-hybridized carbons (Fsp3) is 0.462. The first-order chi connectivity index (χ1) is 14.3. The van der Waals surface area contributed by atoms with E-state index in [-0.39, 0.29) is 11.8 Å². The molecule has 0 aromatic heterocycles. The van der Waals surface area contributed by atoms with Gasteiger partial charge in [0, 0.05) is 19.5 Å². The largest absolute Gasteiger partial charge is 0.354 e. The minimum atomic E-state index is -0.464. The molecule has 0 spiro atoms. The predicted molar refractivity (Wildman–Crippen MR) is 123 cm³/mol. The molecule has 0 heterocycles. The minimum Gasteiger partial charge on any atom is -0.354 e. The Balaban J connectivity index is 2.19. The van der Waals surface area contributed by atoms with Crippen molar-refractivity contribution in [2.75, 3.05) is 6.54 Å². The minimum absolute atomic E-state index is 0.0189. The van der Waals surface area contributed by atoms with Gasteiger partial charge >= 0.3 is 0 Å². The van der Waals surface area contributed by atoms with Crippen molar-refractivity contribution < 1.29 is 9.59 Å². The number of carbonyl (C=O) groups is 2. The first kappa shape index (κ1) is 23.7. The Labute approximate surface area is 181 Å². The average Bonchev–Trinajstić information content (AvgIpc) is 2.72. The molecule has 2 amide bonds. The summed E-state index contributed by atoms with van der Waals surface area (Å²) in [5, 5.41) is 3.02. The van der Waals surface area contributed by atoms with Crippen LogP contribution in [0, 0.1) is 19.8 Å². The third kappa shape index (κ3) is 7.01. The van der Waals surface area contributed by atoms with Crippen LogP contribution in [-0.2, 0) is 22.6 Å². The zero-order valence-corrected chi connectivity index (χ0v) is 19.1. The third-order valence-corrected chi connectivity index (χ3v) is 5.42. The van der Waals surface area contributed by atoms with E-state index in [1.165, 1.54) is 5.56 Å². The van der Waals surface area contributed by atoms with Gasteiger partial charge in [-0.05, 0) is 49.3 Å². The van der Waals surface area contributed by atoms with Gasteiger partial charge in [-0.25, -0.2) is 0 Å². The standard InChI is InChI=1S/C26H36N2O2/c1-6-24(26(30)27-17-19(2)3)28(18-23-10-8-7-9-21(23)5)25(29)16-15-22-13-11-20(4)12-14-22/h7-14,19,24H,6,15-18H2,1-5H3,(H,27,30)/t24-/m0/s1. The van der Waals surface area contributed by atoms with E-state index in [2.05, 4.69) is 50.4 Å². The molecule has 30 heavy (non-hydrogen) atoms. The molecule has 0 aliphatic heterocycles. The molecule has 2 aromatic rings. The summed E-state index contributed by atoms with van der Waals surface area (Å²) >= 11 is 0. The van der Waals surface area contributed by atoms with Crippen LogP contribution in [0.3, 0.4) is 0 Å². The third-order valence-electron chi connectivity index (χ3n) is 5.42. The van der Waals surface area contributed by atoms with E-state index in [9.17, 15) is 9.59 Å². The van der Waals surface area contributed by atoms with Crippen LogP contribution in [-0.4, -0.2) is 29.3 Å². The van der Waals surface area contributed by atoms with Gasteiger partial charge in [-0.15, -0.1) is 0 Å². The van der Waals surface area contributed by atoms with Gasteiger partial charge in [0.2, 0.25) is 11.8 Å². The van der Waals surface area contributed by atoms with Gasteiger partial charge in [0.05, 0.1) is 0 Å². The maximum Gasteiger partial charge on any atom is 0.242 e. The van der Waals surface area contributed by atoms with Gasteiger partial charge in [0.15, 0.2) is 0 Å². The van der Waals surface area contributed by atoms with Gasteiger partial charge in [0.25, 0.3) is 0 Å². The van der Waals surface area contributed by atoms with Crippen LogP contribution in [0.2, 0.25) is 0 Å². The summed E-state index contributed by atoms with van der Waals surface area (Å²) in [5.41, 5.74) is 4.56. The maximum atomic E-state index is 13.3. The Kier molecular flexibility index (Phi) is 9.10. The number of aryl methyl sites for hydroxylation is 3. The van der Waals surface area contributed by atoms with Gasteiger partial charge in [-0.2, -0.15) is 0 Å². The highest BCUT2D eigenvalue weighted by molar-refractivity contribution is 5.87. The number of rotatable bonds is 10. The molecule has 0 saturated heterocycles. The molecule has 0 saturated carbocycles. The highest BCUT2D eigenvalue weighted by atomic mass is 16.2. The zero-order valence-electron chi connectivity index (χ0n) is 19.1. The Morgan fingerprint density at radius 1 is 1.00 bits per heavy atom. The van der Waals surface area contributed by atoms with E-state index in [0.29, 0.717) is 38.3 Å². The monoisotopic (exact) mass is 408 g/mol. The molecule has 4 nitrogen and oxygen atoms in total. The zero-order chi connectivity index (χ0) is 22.1. The predicted octanol–water partition coefficient (Wildman–Crippen LogP) is 4.82. The number of carbonyl (C=O) groups excluding carboxylic acids is 2. The highest BCUT2D eigenvalue weighted by Crippen LogP contribution is 2.17. The first-order valence-electron chi connectivity index (χ1n) is 11.0. The van der Waals surface area contributed by atoms with E-state index < -0.39 is 6.04 Å². The fourth-order valence-corrected chi connectivity index (χ4v) is 3.46. The maximum absolute atomic E-state index is 13.3. The summed E-state index contributed by atoms with van der Waals surface area (Å²) in [6, 6.07) is 15.9. The summed E-state index contributed by atoms with van der Waals surface area (Å²) in [4.78, 5) is 28.0. The van der Waals surface area contributed by atoms with Gasteiger partial charge in [0.1, 0.15) is 6.04 Å². The molecule has 0 aliphatic carbocycles. The van der Waals surface area contributed by atoms with Crippen molar-refractivity contribution in [1.29, 1.82) is 0 Å². The number of nitrogens with zero attached hydrogens (tertiary/aromatic N) is 1. The van der Waals surface area contributed by atoms with Gasteiger partial charge < -0.3 is 10.2 Å². The molecule has 162 valence electrons. The molecule has 4 heteroatoms. The summed E-state index contributed by atoms with van der Waals surface area (Å²) in [5.74, 6) is 0.322. The molecule has 0 fully saturated rings. The van der Waals surface area contributed by atoms with E-state index in [4.69, 9.17) is 0 Å². The van der Waals surface area contributed by atoms with Crippen LogP contribution in [0.5, 0.6) is 0 Å². The molecular formula is C26H36N2O2. The number of benzene rings is 2. The van der Waals surface area contributed by atoms with Crippen molar-refractivity contribution in [3.05, 3.63) is 70.8 Å². The van der Waals surface area contributed by atoms with Crippen molar-refractivity contribution in [3.8, 4) is 0 Å². The molecular weight excluding hydrogens is 372 g/mol. The number of hydrogen-bond donors (Lipinski definition) is 1. The van der Waals surface area contributed by atoms with Crippen LogP contribution >= 0.6 is 0 Å². The first-order valence-corrected chi connectivity index (χ1v) is 11.0. The normalized spacial score (nSPS) is 11.9. The molecule has 0 unspecified atom stereocenters. The molecule has 0 bridgehead atoms. The van der Waals surface area contributed by atoms with Gasteiger partial charge in [-0.3, -0.25) is 9.59 Å². The van der Waals surface area contributed by atoms with Crippen molar-refractivity contribution in [1.82, 2.24) is 10.2 Å². The van der Waals surface area contributed by atoms with Crippen LogP contribution < -0.4 is 5.32 Å². The highest BCUT2D eigenvalue weighted by Gasteiger charge is 2.28. The molecule has 1 N–H and O–H groups in total. The average molecular weight is 409 g/mol. The van der Waals surface area contributed by atoms with Crippen LogP contribution in [0.15, 0.2) is 48.5 Å². The Morgan fingerprint density at radius 3 is 2.27 bits per heavy atom. The van der Waals surface area contributed by atoms with Crippen LogP contribution in [0.1, 0.15) is 55.9 Å². The molecule has 2 aromatic carbocycles. The second-order valence-corrected chi connectivity index (χ2v) is 8.50. The van der Waals surface area contributed by atoms with Crippen molar-refractivity contribution in [2.45, 2.75) is 66.5 Å². The van der Waals surface area contributed by atoms with Crippen LogP contribution in [0.25, 0.3) is 0 Å². The molecule has 0 aliphatic rings.